The second kappa shape index (κ2) is 6.40. The SMILES string of the molecule is COC(=O)C(C)(C)NC(=O)C1CC(=O)N(c2ccc(C)cc2)C1. The summed E-state index contributed by atoms with van der Waals surface area (Å²) in [5.74, 6) is -1.41. The number of nitrogens with one attached hydrogen (secondary N) is 1. The lowest BCUT2D eigenvalue weighted by atomic mass is 10.0. The molecule has 0 spiro atoms. The summed E-state index contributed by atoms with van der Waals surface area (Å²) in [5, 5.41) is 2.66. The van der Waals surface area contributed by atoms with E-state index in [1.807, 2.05) is 31.2 Å². The Kier molecular flexibility index (Phi) is 4.73. The number of anilines is 1. The van der Waals surface area contributed by atoms with Crippen LogP contribution in [0.3, 0.4) is 0 Å². The quantitative estimate of drug-likeness (QED) is 0.852. The summed E-state index contributed by atoms with van der Waals surface area (Å²) in [4.78, 5) is 37.8. The zero-order valence-corrected chi connectivity index (χ0v) is 13.9. The lowest BCUT2D eigenvalue weighted by molar-refractivity contribution is -0.149. The van der Waals surface area contributed by atoms with E-state index in [2.05, 4.69) is 10.1 Å². The molecule has 1 fully saturated rings. The first-order chi connectivity index (χ1) is 10.7. The highest BCUT2D eigenvalue weighted by atomic mass is 16.5. The number of amides is 2. The van der Waals surface area contributed by atoms with Crippen molar-refractivity contribution in [3.63, 3.8) is 0 Å². The Hall–Kier alpha value is -2.37. The molecule has 2 amide bonds. The molecule has 1 N–H and O–H groups in total. The maximum atomic E-state index is 12.4. The highest BCUT2D eigenvalue weighted by molar-refractivity contribution is 6.01. The molecule has 2 rings (SSSR count). The fraction of sp³-hybridized carbons (Fsp3) is 0.471. The summed E-state index contributed by atoms with van der Waals surface area (Å²) < 4.78 is 4.67. The monoisotopic (exact) mass is 318 g/mol. The van der Waals surface area contributed by atoms with Gasteiger partial charge >= 0.3 is 5.97 Å². The van der Waals surface area contributed by atoms with Gasteiger partial charge in [-0.15, -0.1) is 0 Å². The van der Waals surface area contributed by atoms with E-state index in [-0.39, 0.29) is 18.2 Å². The van der Waals surface area contributed by atoms with E-state index in [4.69, 9.17) is 0 Å². The number of hydrogen-bond acceptors (Lipinski definition) is 4. The minimum absolute atomic E-state index is 0.0927. The number of rotatable bonds is 4. The molecule has 6 heteroatoms. The third-order valence-electron chi connectivity index (χ3n) is 3.97. The van der Waals surface area contributed by atoms with Gasteiger partial charge in [-0.3, -0.25) is 9.59 Å². The van der Waals surface area contributed by atoms with Gasteiger partial charge in [0.1, 0.15) is 5.54 Å². The zero-order chi connectivity index (χ0) is 17.2. The van der Waals surface area contributed by atoms with Crippen molar-refractivity contribution in [2.75, 3.05) is 18.6 Å². The summed E-state index contributed by atoms with van der Waals surface area (Å²) >= 11 is 0. The molecule has 0 aliphatic carbocycles. The number of ether oxygens (including phenoxy) is 1. The maximum Gasteiger partial charge on any atom is 0.330 e. The van der Waals surface area contributed by atoms with Crippen molar-refractivity contribution in [1.29, 1.82) is 0 Å². The molecule has 1 saturated heterocycles. The molecule has 124 valence electrons. The standard InChI is InChI=1S/C17H22N2O4/c1-11-5-7-13(8-6-11)19-10-12(9-14(19)20)15(21)18-17(2,3)16(22)23-4/h5-8,12H,9-10H2,1-4H3,(H,18,21). The van der Waals surface area contributed by atoms with Gasteiger partial charge in [0.05, 0.1) is 13.0 Å². The largest absolute Gasteiger partial charge is 0.467 e. The predicted octanol–water partition coefficient (Wildman–Crippen LogP) is 1.42. The van der Waals surface area contributed by atoms with E-state index in [1.165, 1.54) is 7.11 Å². The second-order valence-electron chi connectivity index (χ2n) is 6.35. The van der Waals surface area contributed by atoms with Crippen molar-refractivity contribution in [2.45, 2.75) is 32.7 Å². The minimum Gasteiger partial charge on any atom is -0.467 e. The molecule has 1 aromatic carbocycles. The highest BCUT2D eigenvalue weighted by Gasteiger charge is 2.39. The van der Waals surface area contributed by atoms with E-state index in [0.717, 1.165) is 11.3 Å². The van der Waals surface area contributed by atoms with E-state index >= 15 is 0 Å². The molecule has 6 nitrogen and oxygen atoms in total. The van der Waals surface area contributed by atoms with Crippen molar-refractivity contribution in [3.05, 3.63) is 29.8 Å². The van der Waals surface area contributed by atoms with E-state index in [0.29, 0.717) is 6.54 Å². The Bertz CT molecular complexity index is 622. The van der Waals surface area contributed by atoms with Crippen LogP contribution < -0.4 is 10.2 Å². The van der Waals surface area contributed by atoms with Gasteiger partial charge in [0.15, 0.2) is 0 Å². The molecule has 1 aromatic rings. The Morgan fingerprint density at radius 2 is 1.87 bits per heavy atom. The number of carbonyl (C=O) groups is 3. The molecule has 0 saturated carbocycles. The summed E-state index contributed by atoms with van der Waals surface area (Å²) in [7, 11) is 1.27. The smallest absolute Gasteiger partial charge is 0.330 e. The Balaban J connectivity index is 2.06. The van der Waals surface area contributed by atoms with Crippen molar-refractivity contribution in [2.24, 2.45) is 5.92 Å². The van der Waals surface area contributed by atoms with Crippen LogP contribution in [0.25, 0.3) is 0 Å². The molecule has 0 radical (unpaired) electrons. The van der Waals surface area contributed by atoms with Crippen LogP contribution in [-0.4, -0.2) is 37.0 Å². The van der Waals surface area contributed by atoms with Crippen LogP contribution >= 0.6 is 0 Å². The van der Waals surface area contributed by atoms with Gasteiger partial charge in [0.25, 0.3) is 0 Å². The first-order valence-corrected chi connectivity index (χ1v) is 7.52. The van der Waals surface area contributed by atoms with Gasteiger partial charge in [0, 0.05) is 18.7 Å². The number of esters is 1. The number of benzene rings is 1. The fourth-order valence-corrected chi connectivity index (χ4v) is 2.57. The Morgan fingerprint density at radius 1 is 1.26 bits per heavy atom. The lowest BCUT2D eigenvalue weighted by Gasteiger charge is -2.25. The van der Waals surface area contributed by atoms with Crippen LogP contribution in [0.15, 0.2) is 24.3 Å². The topological polar surface area (TPSA) is 75.7 Å². The van der Waals surface area contributed by atoms with Gasteiger partial charge in [-0.05, 0) is 32.9 Å². The predicted molar refractivity (Wildman–Crippen MR) is 85.9 cm³/mol. The molecule has 1 aliphatic rings. The summed E-state index contributed by atoms with van der Waals surface area (Å²) in [6, 6.07) is 7.59. The molecular weight excluding hydrogens is 296 g/mol. The third-order valence-corrected chi connectivity index (χ3v) is 3.97. The maximum absolute atomic E-state index is 12.4. The molecule has 23 heavy (non-hydrogen) atoms. The minimum atomic E-state index is -1.12. The van der Waals surface area contributed by atoms with Gasteiger partial charge < -0.3 is 15.0 Å². The number of aryl methyl sites for hydroxylation is 1. The summed E-state index contributed by atoms with van der Waals surface area (Å²) in [6.45, 7) is 5.43. The Labute approximate surface area is 135 Å². The van der Waals surface area contributed by atoms with Gasteiger partial charge in [-0.1, -0.05) is 17.7 Å². The molecule has 1 aliphatic heterocycles. The molecular formula is C17H22N2O4. The van der Waals surface area contributed by atoms with E-state index in [1.54, 1.807) is 18.7 Å². The number of hydrogen-bond donors (Lipinski definition) is 1. The average Bonchev–Trinajstić information content (AvgIpc) is 2.89. The zero-order valence-electron chi connectivity index (χ0n) is 13.9. The number of carbonyl (C=O) groups excluding carboxylic acids is 3. The van der Waals surface area contributed by atoms with Crippen LogP contribution in [0.1, 0.15) is 25.8 Å². The van der Waals surface area contributed by atoms with Crippen molar-refractivity contribution < 1.29 is 19.1 Å². The van der Waals surface area contributed by atoms with Gasteiger partial charge in [0.2, 0.25) is 11.8 Å². The average molecular weight is 318 g/mol. The van der Waals surface area contributed by atoms with E-state index < -0.39 is 17.4 Å². The molecule has 1 heterocycles. The van der Waals surface area contributed by atoms with Crippen LogP contribution in [0, 0.1) is 12.8 Å². The second-order valence-corrected chi connectivity index (χ2v) is 6.35. The van der Waals surface area contributed by atoms with Crippen LogP contribution in [-0.2, 0) is 19.1 Å². The van der Waals surface area contributed by atoms with E-state index in [9.17, 15) is 14.4 Å². The highest BCUT2D eigenvalue weighted by Crippen LogP contribution is 2.26. The fourth-order valence-electron chi connectivity index (χ4n) is 2.57. The first kappa shape index (κ1) is 17.0. The van der Waals surface area contributed by atoms with Gasteiger partial charge in [-0.2, -0.15) is 0 Å². The van der Waals surface area contributed by atoms with Crippen molar-refractivity contribution in [3.8, 4) is 0 Å². The molecule has 0 aromatic heterocycles. The van der Waals surface area contributed by atoms with Gasteiger partial charge in [-0.25, -0.2) is 4.79 Å². The number of methoxy groups -OCH3 is 1. The van der Waals surface area contributed by atoms with Crippen molar-refractivity contribution >= 4 is 23.5 Å². The molecule has 0 bridgehead atoms. The molecule has 1 atom stereocenters. The number of nitrogens with zero attached hydrogens (tertiary/aromatic N) is 1. The van der Waals surface area contributed by atoms with Crippen LogP contribution in [0.2, 0.25) is 0 Å². The Morgan fingerprint density at radius 3 is 2.43 bits per heavy atom. The van der Waals surface area contributed by atoms with Crippen molar-refractivity contribution in [1.82, 2.24) is 5.32 Å². The van der Waals surface area contributed by atoms with Crippen LogP contribution in [0.4, 0.5) is 5.69 Å². The summed E-state index contributed by atoms with van der Waals surface area (Å²) in [6.07, 6.45) is 0.136. The first-order valence-electron chi connectivity index (χ1n) is 7.52. The normalized spacial score (nSPS) is 18.0. The van der Waals surface area contributed by atoms with Crippen LogP contribution in [0.5, 0.6) is 0 Å². The third kappa shape index (κ3) is 3.70. The lowest BCUT2D eigenvalue weighted by Crippen LogP contribution is -2.52. The molecule has 1 unspecified atom stereocenters. The summed E-state index contributed by atoms with van der Waals surface area (Å²) in [5.41, 5.74) is 0.768.